The first-order chi connectivity index (χ1) is 6.27. The summed E-state index contributed by atoms with van der Waals surface area (Å²) in [4.78, 5) is 0. The highest BCUT2D eigenvalue weighted by Gasteiger charge is 2.10. The molecule has 0 radical (unpaired) electrons. The molecule has 1 heterocycles. The SMILES string of the molecule is C#CCCC(NN)c1ccn(C)n1. The number of hydrogen-bond donors (Lipinski definition) is 2. The van der Waals surface area contributed by atoms with Crippen LogP contribution in [0.1, 0.15) is 24.6 Å². The Labute approximate surface area is 78.1 Å². The van der Waals surface area contributed by atoms with Gasteiger partial charge in [0.15, 0.2) is 0 Å². The molecular weight excluding hydrogens is 164 g/mol. The predicted octanol–water partition coefficient (Wildman–Crippen LogP) is 0.338. The van der Waals surface area contributed by atoms with Crippen LogP contribution in [0.25, 0.3) is 0 Å². The van der Waals surface area contributed by atoms with E-state index in [1.807, 2.05) is 19.3 Å². The van der Waals surface area contributed by atoms with Gasteiger partial charge in [-0.05, 0) is 12.5 Å². The first-order valence-corrected chi connectivity index (χ1v) is 4.17. The molecule has 0 saturated heterocycles. The van der Waals surface area contributed by atoms with E-state index in [1.165, 1.54) is 0 Å². The molecule has 1 aromatic heterocycles. The van der Waals surface area contributed by atoms with E-state index in [4.69, 9.17) is 12.3 Å². The molecular formula is C9H14N4. The Hall–Kier alpha value is -1.31. The molecule has 0 bridgehead atoms. The van der Waals surface area contributed by atoms with E-state index < -0.39 is 0 Å². The van der Waals surface area contributed by atoms with Crippen LogP contribution in [-0.2, 0) is 7.05 Å². The van der Waals surface area contributed by atoms with E-state index in [9.17, 15) is 0 Å². The maximum atomic E-state index is 5.39. The first kappa shape index (κ1) is 9.78. The Bertz CT molecular complexity index is 297. The Morgan fingerprint density at radius 2 is 2.62 bits per heavy atom. The number of nitrogens with two attached hydrogens (primary N) is 1. The van der Waals surface area contributed by atoms with Gasteiger partial charge in [-0.15, -0.1) is 12.3 Å². The van der Waals surface area contributed by atoms with Crippen molar-refractivity contribution in [2.75, 3.05) is 0 Å². The van der Waals surface area contributed by atoms with E-state index in [-0.39, 0.29) is 6.04 Å². The number of hydrogen-bond acceptors (Lipinski definition) is 3. The molecule has 1 unspecified atom stereocenters. The monoisotopic (exact) mass is 178 g/mol. The molecule has 1 atom stereocenters. The summed E-state index contributed by atoms with van der Waals surface area (Å²) >= 11 is 0. The number of rotatable bonds is 4. The van der Waals surface area contributed by atoms with Gasteiger partial charge in [0.2, 0.25) is 0 Å². The van der Waals surface area contributed by atoms with Gasteiger partial charge in [0.25, 0.3) is 0 Å². The molecule has 4 heteroatoms. The van der Waals surface area contributed by atoms with Crippen molar-refractivity contribution in [3.63, 3.8) is 0 Å². The van der Waals surface area contributed by atoms with Gasteiger partial charge >= 0.3 is 0 Å². The van der Waals surface area contributed by atoms with Crippen LogP contribution >= 0.6 is 0 Å². The van der Waals surface area contributed by atoms with Gasteiger partial charge in [-0.2, -0.15) is 5.10 Å². The lowest BCUT2D eigenvalue weighted by Crippen LogP contribution is -2.28. The number of aryl methyl sites for hydroxylation is 1. The zero-order chi connectivity index (χ0) is 9.68. The highest BCUT2D eigenvalue weighted by molar-refractivity contribution is 5.05. The fourth-order valence-corrected chi connectivity index (χ4v) is 1.16. The van der Waals surface area contributed by atoms with Crippen molar-refractivity contribution in [3.05, 3.63) is 18.0 Å². The van der Waals surface area contributed by atoms with E-state index in [0.717, 1.165) is 12.1 Å². The van der Waals surface area contributed by atoms with Crippen LogP contribution in [0.15, 0.2) is 12.3 Å². The van der Waals surface area contributed by atoms with Gasteiger partial charge in [-0.25, -0.2) is 0 Å². The molecule has 0 saturated carbocycles. The lowest BCUT2D eigenvalue weighted by Gasteiger charge is -2.10. The Balaban J connectivity index is 2.62. The molecule has 70 valence electrons. The molecule has 4 nitrogen and oxygen atoms in total. The zero-order valence-electron chi connectivity index (χ0n) is 7.70. The van der Waals surface area contributed by atoms with Crippen molar-refractivity contribution < 1.29 is 0 Å². The van der Waals surface area contributed by atoms with Crippen LogP contribution in [0.4, 0.5) is 0 Å². The summed E-state index contributed by atoms with van der Waals surface area (Å²) in [5, 5.41) is 4.24. The van der Waals surface area contributed by atoms with Crippen LogP contribution in [0.2, 0.25) is 0 Å². The average Bonchev–Trinajstić information content (AvgIpc) is 2.54. The minimum Gasteiger partial charge on any atom is -0.275 e. The third-order valence-corrected chi connectivity index (χ3v) is 1.87. The minimum atomic E-state index is 0.0530. The highest BCUT2D eigenvalue weighted by Crippen LogP contribution is 2.14. The van der Waals surface area contributed by atoms with E-state index >= 15 is 0 Å². The topological polar surface area (TPSA) is 55.9 Å². The van der Waals surface area contributed by atoms with Gasteiger partial charge in [-0.3, -0.25) is 16.0 Å². The smallest absolute Gasteiger partial charge is 0.0807 e. The summed E-state index contributed by atoms with van der Waals surface area (Å²) in [5.74, 6) is 7.97. The van der Waals surface area contributed by atoms with Crippen molar-refractivity contribution in [1.82, 2.24) is 15.2 Å². The first-order valence-electron chi connectivity index (χ1n) is 4.17. The van der Waals surface area contributed by atoms with Crippen molar-refractivity contribution in [2.24, 2.45) is 12.9 Å². The van der Waals surface area contributed by atoms with Crippen LogP contribution < -0.4 is 11.3 Å². The fraction of sp³-hybridized carbons (Fsp3) is 0.444. The van der Waals surface area contributed by atoms with E-state index in [0.29, 0.717) is 6.42 Å². The Kier molecular flexibility index (Phi) is 3.50. The quantitative estimate of drug-likeness (QED) is 0.397. The second-order valence-corrected chi connectivity index (χ2v) is 2.88. The number of nitrogens with one attached hydrogen (secondary N) is 1. The zero-order valence-corrected chi connectivity index (χ0v) is 7.70. The number of terminal acetylenes is 1. The summed E-state index contributed by atoms with van der Waals surface area (Å²) in [5.41, 5.74) is 3.63. The number of hydrazine groups is 1. The Morgan fingerprint density at radius 3 is 3.08 bits per heavy atom. The third kappa shape index (κ3) is 2.58. The van der Waals surface area contributed by atoms with Crippen molar-refractivity contribution in [3.8, 4) is 12.3 Å². The van der Waals surface area contributed by atoms with Crippen LogP contribution in [0.5, 0.6) is 0 Å². The lowest BCUT2D eigenvalue weighted by atomic mass is 10.1. The van der Waals surface area contributed by atoms with Crippen molar-refractivity contribution in [2.45, 2.75) is 18.9 Å². The highest BCUT2D eigenvalue weighted by atomic mass is 15.3. The van der Waals surface area contributed by atoms with E-state index in [2.05, 4.69) is 16.4 Å². The molecule has 0 amide bonds. The van der Waals surface area contributed by atoms with Gasteiger partial charge in [0.05, 0.1) is 11.7 Å². The van der Waals surface area contributed by atoms with Crippen LogP contribution in [0.3, 0.4) is 0 Å². The lowest BCUT2D eigenvalue weighted by molar-refractivity contribution is 0.504. The second-order valence-electron chi connectivity index (χ2n) is 2.88. The molecule has 0 fully saturated rings. The molecule has 3 N–H and O–H groups in total. The predicted molar refractivity (Wildman–Crippen MR) is 51.3 cm³/mol. The third-order valence-electron chi connectivity index (χ3n) is 1.87. The summed E-state index contributed by atoms with van der Waals surface area (Å²) in [6, 6.07) is 1.98. The van der Waals surface area contributed by atoms with Gasteiger partial charge in [0.1, 0.15) is 0 Å². The summed E-state index contributed by atoms with van der Waals surface area (Å²) in [6.07, 6.45) is 8.56. The summed E-state index contributed by atoms with van der Waals surface area (Å²) < 4.78 is 1.75. The Morgan fingerprint density at radius 1 is 1.85 bits per heavy atom. The van der Waals surface area contributed by atoms with Gasteiger partial charge in [0, 0.05) is 19.7 Å². The van der Waals surface area contributed by atoms with E-state index in [1.54, 1.807) is 4.68 Å². The molecule has 1 rings (SSSR count). The molecule has 1 aromatic rings. The van der Waals surface area contributed by atoms with Crippen LogP contribution in [0, 0.1) is 12.3 Å². The van der Waals surface area contributed by atoms with Gasteiger partial charge < -0.3 is 0 Å². The molecule has 0 aromatic carbocycles. The molecule has 0 aliphatic rings. The second kappa shape index (κ2) is 4.65. The maximum Gasteiger partial charge on any atom is 0.0807 e. The normalized spacial score (nSPS) is 12.4. The molecule has 0 aliphatic heterocycles. The maximum absolute atomic E-state index is 5.39. The fourth-order valence-electron chi connectivity index (χ4n) is 1.16. The number of nitrogens with zero attached hydrogens (tertiary/aromatic N) is 2. The van der Waals surface area contributed by atoms with Crippen molar-refractivity contribution in [1.29, 1.82) is 0 Å². The standard InChI is InChI=1S/C9H14N4/c1-3-4-5-8(11-10)9-6-7-13(2)12-9/h1,6-8,11H,4-5,10H2,2H3. The molecule has 0 aliphatic carbocycles. The minimum absolute atomic E-state index is 0.0530. The largest absolute Gasteiger partial charge is 0.275 e. The molecule has 0 spiro atoms. The van der Waals surface area contributed by atoms with Crippen molar-refractivity contribution >= 4 is 0 Å². The van der Waals surface area contributed by atoms with Crippen LogP contribution in [-0.4, -0.2) is 9.78 Å². The molecule has 13 heavy (non-hydrogen) atoms. The van der Waals surface area contributed by atoms with Gasteiger partial charge in [-0.1, -0.05) is 0 Å². The summed E-state index contributed by atoms with van der Waals surface area (Å²) in [6.45, 7) is 0. The average molecular weight is 178 g/mol. The summed E-state index contributed by atoms with van der Waals surface area (Å²) in [7, 11) is 1.87. The number of aromatic nitrogens is 2.